The molecule has 1 unspecified atom stereocenters. The van der Waals surface area contributed by atoms with Crippen LogP contribution in [0.5, 0.6) is 0 Å². The van der Waals surface area contributed by atoms with E-state index in [1.54, 1.807) is 23.1 Å². The SMILES string of the molecule is COC(=O)c1ccc(N2CC(SC(C)=O)CC2=O)cc1Br. The van der Waals surface area contributed by atoms with E-state index in [2.05, 4.69) is 20.7 Å². The van der Waals surface area contributed by atoms with Crippen LogP contribution < -0.4 is 4.90 Å². The number of methoxy groups -OCH3 is 1. The van der Waals surface area contributed by atoms with Crippen LogP contribution >= 0.6 is 27.7 Å². The summed E-state index contributed by atoms with van der Waals surface area (Å²) < 4.78 is 5.25. The maximum atomic E-state index is 12.0. The number of rotatable bonds is 3. The third-order valence-corrected chi connectivity index (χ3v) is 4.73. The molecule has 0 radical (unpaired) electrons. The lowest BCUT2D eigenvalue weighted by Gasteiger charge is -2.17. The Morgan fingerprint density at radius 3 is 2.71 bits per heavy atom. The summed E-state index contributed by atoms with van der Waals surface area (Å²) in [6.07, 6.45) is 0.348. The van der Waals surface area contributed by atoms with Gasteiger partial charge in [0, 0.05) is 35.3 Å². The molecule has 2 rings (SSSR count). The van der Waals surface area contributed by atoms with Crippen molar-refractivity contribution >= 4 is 50.4 Å². The Kier molecular flexibility index (Phi) is 5.05. The fourth-order valence-corrected chi connectivity index (χ4v) is 3.63. The quantitative estimate of drug-likeness (QED) is 0.764. The Bertz CT molecular complexity index is 605. The summed E-state index contributed by atoms with van der Waals surface area (Å²) in [5, 5.41) is -0.00840. The summed E-state index contributed by atoms with van der Waals surface area (Å²) in [5.41, 5.74) is 1.11. The zero-order chi connectivity index (χ0) is 15.6. The summed E-state index contributed by atoms with van der Waals surface area (Å²) >= 11 is 4.51. The number of carbonyl (C=O) groups is 3. The molecule has 5 nitrogen and oxygen atoms in total. The number of benzene rings is 1. The second-order valence-corrected chi connectivity index (χ2v) is 6.93. The highest BCUT2D eigenvalue weighted by Gasteiger charge is 2.32. The fourth-order valence-electron chi connectivity index (χ4n) is 2.19. The van der Waals surface area contributed by atoms with E-state index in [9.17, 15) is 14.4 Å². The van der Waals surface area contributed by atoms with Gasteiger partial charge in [-0.2, -0.15) is 0 Å². The monoisotopic (exact) mass is 371 g/mol. The smallest absolute Gasteiger partial charge is 0.339 e. The van der Waals surface area contributed by atoms with Crippen LogP contribution in [0.1, 0.15) is 23.7 Å². The summed E-state index contributed by atoms with van der Waals surface area (Å²) in [5.74, 6) is -0.461. The fraction of sp³-hybridized carbons (Fsp3) is 0.357. The summed E-state index contributed by atoms with van der Waals surface area (Å²) in [6.45, 7) is 1.99. The predicted molar refractivity (Wildman–Crippen MR) is 84.5 cm³/mol. The highest BCUT2D eigenvalue weighted by Crippen LogP contribution is 2.31. The first-order valence-electron chi connectivity index (χ1n) is 6.28. The molecule has 21 heavy (non-hydrogen) atoms. The molecular formula is C14H14BrNO4S. The van der Waals surface area contributed by atoms with Crippen LogP contribution in [0.2, 0.25) is 0 Å². The van der Waals surface area contributed by atoms with Crippen LogP contribution in [0.3, 0.4) is 0 Å². The molecule has 0 bridgehead atoms. The molecule has 0 aromatic heterocycles. The third-order valence-electron chi connectivity index (χ3n) is 3.09. The van der Waals surface area contributed by atoms with Gasteiger partial charge in [-0.05, 0) is 34.1 Å². The molecule has 0 saturated carbocycles. The molecule has 0 spiro atoms. The van der Waals surface area contributed by atoms with E-state index in [4.69, 9.17) is 0 Å². The van der Waals surface area contributed by atoms with Gasteiger partial charge in [0.1, 0.15) is 0 Å². The molecule has 1 atom stereocenters. The molecule has 1 fully saturated rings. The Balaban J connectivity index is 2.19. The summed E-state index contributed by atoms with van der Waals surface area (Å²) in [4.78, 5) is 36.3. The van der Waals surface area contributed by atoms with Crippen molar-refractivity contribution in [3.8, 4) is 0 Å². The Morgan fingerprint density at radius 2 is 2.14 bits per heavy atom. The zero-order valence-corrected chi connectivity index (χ0v) is 14.0. The number of nitrogens with zero attached hydrogens (tertiary/aromatic N) is 1. The first-order valence-corrected chi connectivity index (χ1v) is 7.95. The van der Waals surface area contributed by atoms with Crippen molar-refractivity contribution in [2.75, 3.05) is 18.6 Å². The highest BCUT2D eigenvalue weighted by atomic mass is 79.9. The molecule has 1 heterocycles. The number of hydrogen-bond acceptors (Lipinski definition) is 5. The summed E-state index contributed by atoms with van der Waals surface area (Å²) in [7, 11) is 1.32. The molecule has 0 aliphatic carbocycles. The van der Waals surface area contributed by atoms with E-state index in [0.717, 1.165) is 0 Å². The maximum Gasteiger partial charge on any atom is 0.339 e. The molecular weight excluding hydrogens is 358 g/mol. The van der Waals surface area contributed by atoms with E-state index in [-0.39, 0.29) is 16.3 Å². The predicted octanol–water partition coefficient (Wildman–Crippen LogP) is 2.62. The molecule has 1 aliphatic heterocycles. The van der Waals surface area contributed by atoms with Crippen LogP contribution in [0.25, 0.3) is 0 Å². The maximum absolute atomic E-state index is 12.0. The van der Waals surface area contributed by atoms with Crippen molar-refractivity contribution in [3.63, 3.8) is 0 Å². The number of thioether (sulfide) groups is 1. The molecule has 1 aromatic carbocycles. The second kappa shape index (κ2) is 6.62. The lowest BCUT2D eigenvalue weighted by molar-refractivity contribution is -0.117. The number of halogens is 1. The number of anilines is 1. The minimum Gasteiger partial charge on any atom is -0.465 e. The van der Waals surface area contributed by atoms with Gasteiger partial charge in [-0.1, -0.05) is 11.8 Å². The van der Waals surface area contributed by atoms with Crippen LogP contribution in [-0.4, -0.2) is 35.9 Å². The number of esters is 1. The van der Waals surface area contributed by atoms with Gasteiger partial charge in [0.05, 0.1) is 12.7 Å². The van der Waals surface area contributed by atoms with Crippen molar-refractivity contribution < 1.29 is 19.1 Å². The van der Waals surface area contributed by atoms with Crippen molar-refractivity contribution in [1.82, 2.24) is 0 Å². The largest absolute Gasteiger partial charge is 0.465 e. The topological polar surface area (TPSA) is 63.7 Å². The number of ether oxygens (including phenoxy) is 1. The van der Waals surface area contributed by atoms with Gasteiger partial charge < -0.3 is 9.64 Å². The van der Waals surface area contributed by atoms with Crippen molar-refractivity contribution in [2.24, 2.45) is 0 Å². The van der Waals surface area contributed by atoms with E-state index < -0.39 is 5.97 Å². The Hall–Kier alpha value is -1.34. The van der Waals surface area contributed by atoms with Gasteiger partial charge in [-0.25, -0.2) is 4.79 Å². The van der Waals surface area contributed by atoms with Gasteiger partial charge in [0.15, 0.2) is 5.12 Å². The van der Waals surface area contributed by atoms with E-state index in [1.807, 2.05) is 0 Å². The zero-order valence-electron chi connectivity index (χ0n) is 11.6. The van der Waals surface area contributed by atoms with Gasteiger partial charge in [-0.15, -0.1) is 0 Å². The molecule has 1 aromatic rings. The lowest BCUT2D eigenvalue weighted by atomic mass is 10.2. The average molecular weight is 372 g/mol. The van der Waals surface area contributed by atoms with Gasteiger partial charge in [-0.3, -0.25) is 9.59 Å². The van der Waals surface area contributed by atoms with Gasteiger partial charge >= 0.3 is 5.97 Å². The van der Waals surface area contributed by atoms with E-state index in [0.29, 0.717) is 28.7 Å². The average Bonchev–Trinajstić information content (AvgIpc) is 2.77. The van der Waals surface area contributed by atoms with Crippen LogP contribution in [-0.2, 0) is 14.3 Å². The standard InChI is InChI=1S/C14H14BrNO4S/c1-8(17)21-10-6-13(18)16(7-10)9-3-4-11(12(15)5-9)14(19)20-2/h3-5,10H,6-7H2,1-2H3. The summed E-state index contributed by atoms with van der Waals surface area (Å²) in [6, 6.07) is 5.03. The highest BCUT2D eigenvalue weighted by molar-refractivity contribution is 9.10. The lowest BCUT2D eigenvalue weighted by Crippen LogP contribution is -2.25. The van der Waals surface area contributed by atoms with Gasteiger partial charge in [0.25, 0.3) is 0 Å². The van der Waals surface area contributed by atoms with Crippen LogP contribution in [0.15, 0.2) is 22.7 Å². The Labute approximate surface area is 135 Å². The molecule has 1 aliphatic rings. The van der Waals surface area contributed by atoms with Crippen LogP contribution in [0.4, 0.5) is 5.69 Å². The second-order valence-electron chi connectivity index (χ2n) is 4.60. The number of hydrogen-bond donors (Lipinski definition) is 0. The number of amides is 1. The molecule has 1 amide bonds. The normalized spacial score (nSPS) is 18.0. The molecule has 7 heteroatoms. The Morgan fingerprint density at radius 1 is 1.43 bits per heavy atom. The van der Waals surface area contributed by atoms with Crippen molar-refractivity contribution in [2.45, 2.75) is 18.6 Å². The first-order chi connectivity index (χ1) is 9.92. The van der Waals surface area contributed by atoms with E-state index >= 15 is 0 Å². The molecule has 0 N–H and O–H groups in total. The molecule has 112 valence electrons. The van der Waals surface area contributed by atoms with Crippen molar-refractivity contribution in [3.05, 3.63) is 28.2 Å². The number of carbonyl (C=O) groups excluding carboxylic acids is 3. The van der Waals surface area contributed by atoms with Gasteiger partial charge in [0.2, 0.25) is 5.91 Å². The molecule has 1 saturated heterocycles. The third kappa shape index (κ3) is 3.65. The van der Waals surface area contributed by atoms with Crippen molar-refractivity contribution in [1.29, 1.82) is 0 Å². The van der Waals surface area contributed by atoms with Crippen LogP contribution in [0, 0.1) is 0 Å². The first kappa shape index (κ1) is 16.0. The van der Waals surface area contributed by atoms with E-state index in [1.165, 1.54) is 25.8 Å². The minimum absolute atomic E-state index is 0.0110. The minimum atomic E-state index is -0.439.